The van der Waals surface area contributed by atoms with E-state index in [9.17, 15) is 10.1 Å². The van der Waals surface area contributed by atoms with Gasteiger partial charge in [0.15, 0.2) is 0 Å². The molecule has 1 amide bonds. The summed E-state index contributed by atoms with van der Waals surface area (Å²) >= 11 is 0. The van der Waals surface area contributed by atoms with Crippen molar-refractivity contribution in [2.24, 2.45) is 0 Å². The topological polar surface area (TPSA) is 80.6 Å². The summed E-state index contributed by atoms with van der Waals surface area (Å²) in [6.45, 7) is 5.41. The summed E-state index contributed by atoms with van der Waals surface area (Å²) in [7, 11) is 3.18. The molecule has 0 aliphatic heterocycles. The average molecular weight is 370 g/mol. The molecule has 0 radical (unpaired) electrons. The maximum absolute atomic E-state index is 12.3. The van der Waals surface area contributed by atoms with Crippen LogP contribution in [0.1, 0.15) is 39.2 Å². The van der Waals surface area contributed by atoms with Crippen LogP contribution in [-0.4, -0.2) is 25.9 Å². The largest absolute Gasteiger partial charge is 0.501 e. The molecule has 1 aromatic carbocycles. The average Bonchev–Trinajstić information content (AvgIpc) is 2.60. The molecule has 0 saturated carbocycles. The fourth-order valence-corrected chi connectivity index (χ4v) is 3.05. The first-order chi connectivity index (χ1) is 12.7. The molecule has 6 nitrogen and oxygen atoms in total. The van der Waals surface area contributed by atoms with Crippen LogP contribution in [0.5, 0.6) is 0 Å². The Morgan fingerprint density at radius 2 is 1.78 bits per heavy atom. The zero-order valence-corrected chi connectivity index (χ0v) is 16.5. The van der Waals surface area contributed by atoms with Gasteiger partial charge in [0.25, 0.3) is 0 Å². The van der Waals surface area contributed by atoms with Crippen molar-refractivity contribution in [1.29, 1.82) is 5.26 Å². The Labute approximate surface area is 160 Å². The van der Waals surface area contributed by atoms with Gasteiger partial charge in [0.2, 0.25) is 0 Å². The number of benzene rings is 1. The molecule has 27 heavy (non-hydrogen) atoms. The molecule has 0 spiro atoms. The lowest BCUT2D eigenvalue weighted by Gasteiger charge is -2.32. The standard InChI is InChI=1S/C21H26N2O4/c1-20(2,3)27-19(24)23-18-9-7-6-8-17(18)21(10-11-22)13-15(25-4)12-16(14-21)26-5/h6-9,13-14H,10,12H2,1-5H3,(H,23,24). The molecular formula is C21H26N2O4. The predicted octanol–water partition coefficient (Wildman–Crippen LogP) is 4.65. The van der Waals surface area contributed by atoms with Gasteiger partial charge in [-0.1, -0.05) is 18.2 Å². The molecule has 1 aliphatic rings. The van der Waals surface area contributed by atoms with E-state index in [0.29, 0.717) is 23.6 Å². The zero-order chi connectivity index (χ0) is 20.1. The Morgan fingerprint density at radius 3 is 2.30 bits per heavy atom. The molecule has 0 bridgehead atoms. The number of rotatable bonds is 5. The Hall–Kier alpha value is -2.94. The first-order valence-electron chi connectivity index (χ1n) is 8.71. The van der Waals surface area contributed by atoms with Crippen LogP contribution >= 0.6 is 0 Å². The van der Waals surface area contributed by atoms with Gasteiger partial charge in [0, 0.05) is 5.69 Å². The van der Waals surface area contributed by atoms with Gasteiger partial charge < -0.3 is 14.2 Å². The number of nitriles is 1. The fraction of sp³-hybridized carbons (Fsp3) is 0.429. The number of amides is 1. The van der Waals surface area contributed by atoms with Gasteiger partial charge in [-0.3, -0.25) is 5.32 Å². The van der Waals surface area contributed by atoms with E-state index < -0.39 is 17.1 Å². The summed E-state index contributed by atoms with van der Waals surface area (Å²) in [6.07, 6.45) is 3.95. The van der Waals surface area contributed by atoms with Gasteiger partial charge in [0.05, 0.1) is 38.5 Å². The number of ether oxygens (including phenoxy) is 3. The lowest BCUT2D eigenvalue weighted by Crippen LogP contribution is -2.30. The summed E-state index contributed by atoms with van der Waals surface area (Å²) < 4.78 is 16.3. The molecule has 0 atom stereocenters. The summed E-state index contributed by atoms with van der Waals surface area (Å²) in [5.74, 6) is 1.41. The van der Waals surface area contributed by atoms with Crippen LogP contribution in [-0.2, 0) is 19.6 Å². The van der Waals surface area contributed by atoms with Crippen molar-refractivity contribution in [2.75, 3.05) is 19.5 Å². The van der Waals surface area contributed by atoms with Crippen molar-refractivity contribution < 1.29 is 19.0 Å². The van der Waals surface area contributed by atoms with Crippen molar-refractivity contribution in [3.05, 3.63) is 53.5 Å². The Bertz CT molecular complexity index is 777. The lowest BCUT2D eigenvalue weighted by atomic mass is 9.73. The van der Waals surface area contributed by atoms with E-state index in [1.807, 2.05) is 30.4 Å². The Balaban J connectivity index is 2.51. The second-order valence-corrected chi connectivity index (χ2v) is 7.35. The number of nitrogens with one attached hydrogen (secondary N) is 1. The van der Waals surface area contributed by atoms with E-state index in [-0.39, 0.29) is 6.42 Å². The lowest BCUT2D eigenvalue weighted by molar-refractivity contribution is 0.0635. The molecule has 1 N–H and O–H groups in total. The molecule has 1 aliphatic carbocycles. The molecule has 0 aromatic heterocycles. The number of hydrogen-bond acceptors (Lipinski definition) is 5. The molecule has 0 heterocycles. The third-order valence-electron chi connectivity index (χ3n) is 4.15. The molecule has 0 fully saturated rings. The maximum atomic E-state index is 12.3. The summed E-state index contributed by atoms with van der Waals surface area (Å²) in [5.41, 5.74) is -0.0565. The minimum absolute atomic E-state index is 0.166. The number of nitrogens with zero attached hydrogens (tertiary/aromatic N) is 1. The van der Waals surface area contributed by atoms with Gasteiger partial charge in [-0.2, -0.15) is 5.26 Å². The minimum Gasteiger partial charge on any atom is -0.501 e. The number of carbonyl (C=O) groups is 1. The van der Waals surface area contributed by atoms with Crippen LogP contribution in [0.15, 0.2) is 47.9 Å². The number of para-hydroxylation sites is 1. The Morgan fingerprint density at radius 1 is 1.19 bits per heavy atom. The maximum Gasteiger partial charge on any atom is 0.412 e. The second-order valence-electron chi connectivity index (χ2n) is 7.35. The van der Waals surface area contributed by atoms with Crippen molar-refractivity contribution in [3.8, 4) is 6.07 Å². The number of carbonyl (C=O) groups excluding carboxylic acids is 1. The van der Waals surface area contributed by atoms with E-state index in [2.05, 4.69) is 11.4 Å². The number of anilines is 1. The van der Waals surface area contributed by atoms with Crippen LogP contribution in [0.2, 0.25) is 0 Å². The molecule has 0 unspecified atom stereocenters. The molecule has 144 valence electrons. The normalized spacial score (nSPS) is 15.7. The highest BCUT2D eigenvalue weighted by Gasteiger charge is 2.35. The smallest absolute Gasteiger partial charge is 0.412 e. The molecule has 6 heteroatoms. The molecule has 0 saturated heterocycles. The summed E-state index contributed by atoms with van der Waals surface area (Å²) in [5, 5.41) is 12.3. The van der Waals surface area contributed by atoms with Crippen molar-refractivity contribution in [3.63, 3.8) is 0 Å². The van der Waals surface area contributed by atoms with Gasteiger partial charge in [0.1, 0.15) is 17.1 Å². The molecule has 1 aromatic rings. The van der Waals surface area contributed by atoms with E-state index in [1.165, 1.54) is 0 Å². The third kappa shape index (κ3) is 5.04. The van der Waals surface area contributed by atoms with Crippen LogP contribution in [0.25, 0.3) is 0 Å². The van der Waals surface area contributed by atoms with E-state index in [0.717, 1.165) is 5.56 Å². The van der Waals surface area contributed by atoms with Crippen molar-refractivity contribution in [1.82, 2.24) is 0 Å². The molecule has 2 rings (SSSR count). The van der Waals surface area contributed by atoms with Gasteiger partial charge in [-0.25, -0.2) is 4.79 Å². The van der Waals surface area contributed by atoms with Gasteiger partial charge >= 0.3 is 6.09 Å². The van der Waals surface area contributed by atoms with E-state index >= 15 is 0 Å². The summed E-state index contributed by atoms with van der Waals surface area (Å²) in [4.78, 5) is 12.3. The van der Waals surface area contributed by atoms with Crippen LogP contribution < -0.4 is 5.32 Å². The van der Waals surface area contributed by atoms with Gasteiger partial charge in [-0.15, -0.1) is 0 Å². The van der Waals surface area contributed by atoms with Crippen LogP contribution in [0.4, 0.5) is 10.5 Å². The van der Waals surface area contributed by atoms with Crippen molar-refractivity contribution >= 4 is 11.8 Å². The molecular weight excluding hydrogens is 344 g/mol. The van der Waals surface area contributed by atoms with Crippen LogP contribution in [0, 0.1) is 11.3 Å². The highest BCUT2D eigenvalue weighted by Crippen LogP contribution is 2.42. The Kier molecular flexibility index (Phi) is 6.17. The first-order valence-corrected chi connectivity index (χ1v) is 8.71. The minimum atomic E-state index is -0.782. The quantitative estimate of drug-likeness (QED) is 0.816. The third-order valence-corrected chi connectivity index (χ3v) is 4.15. The highest BCUT2D eigenvalue weighted by atomic mass is 16.6. The van der Waals surface area contributed by atoms with Crippen molar-refractivity contribution in [2.45, 2.75) is 44.6 Å². The van der Waals surface area contributed by atoms with E-state index in [1.54, 1.807) is 41.1 Å². The predicted molar refractivity (Wildman–Crippen MR) is 103 cm³/mol. The van der Waals surface area contributed by atoms with E-state index in [4.69, 9.17) is 14.2 Å². The zero-order valence-electron chi connectivity index (χ0n) is 16.5. The summed E-state index contributed by atoms with van der Waals surface area (Å²) in [6, 6.07) is 9.59. The number of allylic oxidation sites excluding steroid dienone is 2. The van der Waals surface area contributed by atoms with Crippen LogP contribution in [0.3, 0.4) is 0 Å². The first kappa shape index (κ1) is 20.4. The number of hydrogen-bond donors (Lipinski definition) is 1. The highest BCUT2D eigenvalue weighted by molar-refractivity contribution is 5.86. The number of methoxy groups -OCH3 is 2. The monoisotopic (exact) mass is 370 g/mol. The second kappa shape index (κ2) is 8.17. The SMILES string of the molecule is COC1=CC(CC#N)(c2ccccc2NC(=O)OC(C)(C)C)C=C(OC)C1. The fourth-order valence-electron chi connectivity index (χ4n) is 3.05. The van der Waals surface area contributed by atoms with Gasteiger partial charge in [-0.05, 0) is 44.6 Å².